The van der Waals surface area contributed by atoms with E-state index >= 15 is 0 Å². The van der Waals surface area contributed by atoms with Gasteiger partial charge in [-0.2, -0.15) is 0 Å². The van der Waals surface area contributed by atoms with Gasteiger partial charge in [0.05, 0.1) is 0 Å². The van der Waals surface area contributed by atoms with Crippen LogP contribution in [0.4, 0.5) is 4.39 Å². The van der Waals surface area contributed by atoms with Gasteiger partial charge in [-0.3, -0.25) is 0 Å². The lowest BCUT2D eigenvalue weighted by molar-refractivity contribution is 0.140. The van der Waals surface area contributed by atoms with E-state index in [2.05, 4.69) is 67.6 Å². The van der Waals surface area contributed by atoms with Crippen LogP contribution < -0.4 is 0 Å². The van der Waals surface area contributed by atoms with E-state index in [0.717, 1.165) is 19.3 Å². The van der Waals surface area contributed by atoms with Crippen molar-refractivity contribution in [1.82, 2.24) is 0 Å². The zero-order chi connectivity index (χ0) is 21.8. The predicted octanol–water partition coefficient (Wildman–Crippen LogP) is 9.64. The van der Waals surface area contributed by atoms with E-state index < -0.39 is 6.17 Å². The van der Waals surface area contributed by atoms with Crippen molar-refractivity contribution >= 4 is 0 Å². The Labute approximate surface area is 190 Å². The van der Waals surface area contributed by atoms with Crippen LogP contribution in [0.5, 0.6) is 0 Å². The highest BCUT2D eigenvalue weighted by atomic mass is 19.1. The van der Waals surface area contributed by atoms with E-state index in [9.17, 15) is 4.39 Å². The Morgan fingerprint density at radius 3 is 1.87 bits per heavy atom. The van der Waals surface area contributed by atoms with Crippen molar-refractivity contribution in [2.75, 3.05) is 0 Å². The van der Waals surface area contributed by atoms with Crippen LogP contribution in [0.2, 0.25) is 0 Å². The molecule has 1 heteroatoms. The Hall–Kier alpha value is -1.63. The minimum atomic E-state index is -0.675. The molecule has 1 fully saturated rings. The van der Waals surface area contributed by atoms with E-state index in [-0.39, 0.29) is 0 Å². The molecule has 0 radical (unpaired) electrons. The highest BCUT2D eigenvalue weighted by Gasteiger charge is 2.31. The molecule has 1 saturated carbocycles. The summed E-state index contributed by atoms with van der Waals surface area (Å²) in [5.74, 6) is 0.291. The molecule has 1 unspecified atom stereocenters. The minimum absolute atomic E-state index is 0.291. The molecule has 0 spiro atoms. The SMILES string of the molecule is CCCCCC1(CCCC(F)CCC(c2ccccc2)c2ccccc2)CCCCC1. The standard InChI is InChI=1S/C30H43F/c1-2-3-11-22-30(23-12-6-13-24-30)25-14-19-28(31)20-21-29(26-15-7-4-8-16-26)27-17-9-5-10-18-27/h4-5,7-10,15-18,28-29H,2-3,6,11-14,19-25H2,1H3. The second-order valence-corrected chi connectivity index (χ2v) is 9.96. The quantitative estimate of drug-likeness (QED) is 0.282. The number of unbranched alkanes of at least 4 members (excludes halogenated alkanes) is 2. The van der Waals surface area contributed by atoms with E-state index in [1.54, 1.807) is 0 Å². The lowest BCUT2D eigenvalue weighted by Crippen LogP contribution is -2.24. The predicted molar refractivity (Wildman–Crippen MR) is 132 cm³/mol. The summed E-state index contributed by atoms with van der Waals surface area (Å²) in [7, 11) is 0. The van der Waals surface area contributed by atoms with Gasteiger partial charge in [-0.15, -0.1) is 0 Å². The molecule has 1 atom stereocenters. The van der Waals surface area contributed by atoms with Crippen molar-refractivity contribution in [2.45, 2.75) is 109 Å². The van der Waals surface area contributed by atoms with Gasteiger partial charge in [0.2, 0.25) is 0 Å². The lowest BCUT2D eigenvalue weighted by Gasteiger charge is -2.38. The van der Waals surface area contributed by atoms with Crippen molar-refractivity contribution in [1.29, 1.82) is 0 Å². The second-order valence-electron chi connectivity index (χ2n) is 9.96. The Kier molecular flexibility index (Phi) is 10.1. The largest absolute Gasteiger partial charge is 0.247 e. The fourth-order valence-corrected chi connectivity index (χ4v) is 5.76. The summed E-state index contributed by atoms with van der Waals surface area (Å²) in [6.45, 7) is 2.29. The van der Waals surface area contributed by atoms with E-state index in [0.29, 0.717) is 17.8 Å². The van der Waals surface area contributed by atoms with Gasteiger partial charge in [0.1, 0.15) is 6.17 Å². The number of halogens is 1. The van der Waals surface area contributed by atoms with Crippen molar-refractivity contribution in [3.05, 3.63) is 71.8 Å². The zero-order valence-electron chi connectivity index (χ0n) is 19.7. The number of hydrogen-bond acceptors (Lipinski definition) is 0. The van der Waals surface area contributed by atoms with Gasteiger partial charge in [-0.1, -0.05) is 113 Å². The molecule has 2 aromatic rings. The van der Waals surface area contributed by atoms with Crippen LogP contribution in [-0.2, 0) is 0 Å². The Morgan fingerprint density at radius 2 is 1.29 bits per heavy atom. The van der Waals surface area contributed by atoms with Gasteiger partial charge in [-0.05, 0) is 61.5 Å². The lowest BCUT2D eigenvalue weighted by atomic mass is 9.68. The third kappa shape index (κ3) is 7.78. The average Bonchev–Trinajstić information content (AvgIpc) is 2.81. The maximum atomic E-state index is 15.0. The summed E-state index contributed by atoms with van der Waals surface area (Å²) in [5, 5.41) is 0. The van der Waals surface area contributed by atoms with E-state index in [4.69, 9.17) is 0 Å². The molecular weight excluding hydrogens is 379 g/mol. The number of rotatable bonds is 13. The maximum Gasteiger partial charge on any atom is 0.100 e. The number of alkyl halides is 1. The van der Waals surface area contributed by atoms with Gasteiger partial charge in [0, 0.05) is 5.92 Å². The normalized spacial score (nSPS) is 17.0. The van der Waals surface area contributed by atoms with Gasteiger partial charge >= 0.3 is 0 Å². The second kappa shape index (κ2) is 13.0. The molecular formula is C30H43F. The van der Waals surface area contributed by atoms with Crippen molar-refractivity contribution < 1.29 is 4.39 Å². The highest BCUT2D eigenvalue weighted by molar-refractivity contribution is 5.32. The summed E-state index contributed by atoms with van der Waals surface area (Å²) < 4.78 is 15.0. The van der Waals surface area contributed by atoms with Crippen molar-refractivity contribution in [3.63, 3.8) is 0 Å². The van der Waals surface area contributed by atoms with Crippen molar-refractivity contribution in [2.24, 2.45) is 5.41 Å². The van der Waals surface area contributed by atoms with E-state index in [1.165, 1.54) is 75.3 Å². The first kappa shape index (κ1) is 24.0. The fraction of sp³-hybridized carbons (Fsp3) is 0.600. The number of benzene rings is 2. The molecule has 0 bridgehead atoms. The average molecular weight is 423 g/mol. The van der Waals surface area contributed by atoms with Crippen LogP contribution in [0.25, 0.3) is 0 Å². The molecule has 0 aromatic heterocycles. The van der Waals surface area contributed by atoms with Crippen LogP contribution in [0.3, 0.4) is 0 Å². The summed E-state index contributed by atoms with van der Waals surface area (Å²) >= 11 is 0. The van der Waals surface area contributed by atoms with Crippen molar-refractivity contribution in [3.8, 4) is 0 Å². The van der Waals surface area contributed by atoms with Crippen LogP contribution in [0, 0.1) is 5.41 Å². The Balaban J connectivity index is 1.50. The summed E-state index contributed by atoms with van der Waals surface area (Å²) in [6, 6.07) is 21.3. The smallest absolute Gasteiger partial charge is 0.100 e. The molecule has 0 aliphatic heterocycles. The zero-order valence-corrected chi connectivity index (χ0v) is 19.7. The first-order valence-corrected chi connectivity index (χ1v) is 13.0. The summed E-state index contributed by atoms with van der Waals surface area (Å²) in [4.78, 5) is 0. The van der Waals surface area contributed by atoms with Gasteiger partial charge in [-0.25, -0.2) is 4.39 Å². The molecule has 0 nitrogen and oxygen atoms in total. The minimum Gasteiger partial charge on any atom is -0.247 e. The molecule has 0 amide bonds. The molecule has 0 N–H and O–H groups in total. The highest BCUT2D eigenvalue weighted by Crippen LogP contribution is 2.45. The topological polar surface area (TPSA) is 0 Å². The van der Waals surface area contributed by atoms with E-state index in [1.807, 2.05) is 0 Å². The Bertz CT molecular complexity index is 662. The Morgan fingerprint density at radius 1 is 0.710 bits per heavy atom. The maximum absolute atomic E-state index is 15.0. The van der Waals surface area contributed by atoms with Crippen LogP contribution in [0.1, 0.15) is 114 Å². The molecule has 0 heterocycles. The van der Waals surface area contributed by atoms with Gasteiger partial charge in [0.15, 0.2) is 0 Å². The molecule has 1 aliphatic rings. The molecule has 3 rings (SSSR count). The third-order valence-electron chi connectivity index (χ3n) is 7.62. The monoisotopic (exact) mass is 422 g/mol. The molecule has 1 aliphatic carbocycles. The first-order valence-electron chi connectivity index (χ1n) is 13.0. The molecule has 170 valence electrons. The van der Waals surface area contributed by atoms with Gasteiger partial charge < -0.3 is 0 Å². The molecule has 31 heavy (non-hydrogen) atoms. The summed E-state index contributed by atoms with van der Waals surface area (Å²) in [5.41, 5.74) is 3.14. The fourth-order valence-electron chi connectivity index (χ4n) is 5.76. The summed E-state index contributed by atoms with van der Waals surface area (Å²) in [6.07, 6.45) is 16.3. The van der Waals surface area contributed by atoms with Gasteiger partial charge in [0.25, 0.3) is 0 Å². The van der Waals surface area contributed by atoms with Crippen LogP contribution in [-0.4, -0.2) is 6.17 Å². The third-order valence-corrected chi connectivity index (χ3v) is 7.62. The number of hydrogen-bond donors (Lipinski definition) is 0. The first-order chi connectivity index (χ1) is 15.2. The molecule has 2 aromatic carbocycles. The van der Waals surface area contributed by atoms with Crippen LogP contribution in [0.15, 0.2) is 60.7 Å². The molecule has 0 saturated heterocycles. The van der Waals surface area contributed by atoms with Crippen LogP contribution >= 0.6 is 0 Å².